The lowest BCUT2D eigenvalue weighted by atomic mass is 10.1. The molecule has 2 aromatic carbocycles. The third kappa shape index (κ3) is 3.90. The lowest BCUT2D eigenvalue weighted by molar-refractivity contribution is -0.117. The molecule has 118 valence electrons. The van der Waals surface area contributed by atoms with E-state index in [1.165, 1.54) is 0 Å². The van der Waals surface area contributed by atoms with Crippen molar-refractivity contribution in [1.29, 1.82) is 0 Å². The van der Waals surface area contributed by atoms with Crippen molar-refractivity contribution in [3.05, 3.63) is 58.6 Å². The molecule has 2 aromatic rings. The fraction of sp³-hybridized carbons (Fsp3) is 0.222. The van der Waals surface area contributed by atoms with Gasteiger partial charge in [-0.05, 0) is 55.7 Å². The number of nitrogens with one attached hydrogen (secondary N) is 2. The van der Waals surface area contributed by atoms with Gasteiger partial charge in [-0.3, -0.25) is 9.59 Å². The van der Waals surface area contributed by atoms with Gasteiger partial charge in [0.1, 0.15) is 0 Å². The van der Waals surface area contributed by atoms with Crippen molar-refractivity contribution in [1.82, 2.24) is 0 Å². The highest BCUT2D eigenvalue weighted by molar-refractivity contribution is 6.34. The minimum absolute atomic E-state index is 0.0177. The zero-order chi connectivity index (χ0) is 16.4. The first-order chi connectivity index (χ1) is 11.0. The van der Waals surface area contributed by atoms with Crippen LogP contribution in [-0.4, -0.2) is 11.8 Å². The standard InChI is InChI=1S/C18H17ClN2O2/c1-11-5-8-16(15(19)9-11)21-18(23)13-3-2-4-14(10-13)20-17(22)12-6-7-12/h2-5,8-10,12H,6-7H2,1H3,(H,20,22)(H,21,23). The summed E-state index contributed by atoms with van der Waals surface area (Å²) in [4.78, 5) is 24.1. The van der Waals surface area contributed by atoms with Crippen molar-refractivity contribution >= 4 is 34.8 Å². The normalized spacial score (nSPS) is 13.5. The van der Waals surface area contributed by atoms with E-state index in [-0.39, 0.29) is 17.7 Å². The van der Waals surface area contributed by atoms with Gasteiger partial charge in [-0.25, -0.2) is 0 Å². The zero-order valence-electron chi connectivity index (χ0n) is 12.7. The number of hydrogen-bond donors (Lipinski definition) is 2. The molecule has 1 aliphatic carbocycles. The predicted octanol–water partition coefficient (Wildman–Crippen LogP) is 4.25. The summed E-state index contributed by atoms with van der Waals surface area (Å²) in [5.74, 6) is -0.124. The number of carbonyl (C=O) groups is 2. The fourth-order valence-corrected chi connectivity index (χ4v) is 2.53. The highest BCUT2D eigenvalue weighted by Gasteiger charge is 2.29. The quantitative estimate of drug-likeness (QED) is 0.881. The Morgan fingerprint density at radius 3 is 2.57 bits per heavy atom. The van der Waals surface area contributed by atoms with Crippen molar-refractivity contribution < 1.29 is 9.59 Å². The maximum Gasteiger partial charge on any atom is 0.255 e. The molecule has 23 heavy (non-hydrogen) atoms. The van der Waals surface area contributed by atoms with Crippen LogP contribution in [0.25, 0.3) is 0 Å². The van der Waals surface area contributed by atoms with E-state index in [0.717, 1.165) is 18.4 Å². The Morgan fingerprint density at radius 2 is 1.87 bits per heavy atom. The van der Waals surface area contributed by atoms with E-state index in [1.807, 2.05) is 13.0 Å². The second-order valence-corrected chi connectivity index (χ2v) is 6.19. The predicted molar refractivity (Wildman–Crippen MR) is 91.9 cm³/mol. The first-order valence-electron chi connectivity index (χ1n) is 7.51. The minimum atomic E-state index is -0.265. The number of aryl methyl sites for hydroxylation is 1. The smallest absolute Gasteiger partial charge is 0.255 e. The van der Waals surface area contributed by atoms with Gasteiger partial charge in [0.2, 0.25) is 5.91 Å². The minimum Gasteiger partial charge on any atom is -0.326 e. The van der Waals surface area contributed by atoms with E-state index in [2.05, 4.69) is 10.6 Å². The van der Waals surface area contributed by atoms with Gasteiger partial charge < -0.3 is 10.6 Å². The lowest BCUT2D eigenvalue weighted by Gasteiger charge is -2.09. The zero-order valence-corrected chi connectivity index (χ0v) is 13.5. The first kappa shape index (κ1) is 15.6. The van der Waals surface area contributed by atoms with Crippen LogP contribution in [0.15, 0.2) is 42.5 Å². The van der Waals surface area contributed by atoms with E-state index in [9.17, 15) is 9.59 Å². The van der Waals surface area contributed by atoms with Crippen LogP contribution in [0.3, 0.4) is 0 Å². The van der Waals surface area contributed by atoms with Gasteiger partial charge in [-0.15, -0.1) is 0 Å². The molecule has 1 saturated carbocycles. The first-order valence-corrected chi connectivity index (χ1v) is 7.89. The molecule has 1 fully saturated rings. The van der Waals surface area contributed by atoms with Crippen LogP contribution in [0.2, 0.25) is 5.02 Å². The van der Waals surface area contributed by atoms with Crippen molar-refractivity contribution in [3.63, 3.8) is 0 Å². The van der Waals surface area contributed by atoms with Crippen LogP contribution in [0.5, 0.6) is 0 Å². The van der Waals surface area contributed by atoms with Gasteiger partial charge >= 0.3 is 0 Å². The van der Waals surface area contributed by atoms with E-state index >= 15 is 0 Å². The summed E-state index contributed by atoms with van der Waals surface area (Å²) in [7, 11) is 0. The topological polar surface area (TPSA) is 58.2 Å². The highest BCUT2D eigenvalue weighted by atomic mass is 35.5. The highest BCUT2D eigenvalue weighted by Crippen LogP contribution is 2.30. The number of carbonyl (C=O) groups excluding carboxylic acids is 2. The summed E-state index contributed by atoms with van der Waals surface area (Å²) in [5.41, 5.74) is 2.69. The number of benzene rings is 2. The average molecular weight is 329 g/mol. The second-order valence-electron chi connectivity index (χ2n) is 5.78. The molecular weight excluding hydrogens is 312 g/mol. The van der Waals surface area contributed by atoms with Gasteiger partial charge in [0, 0.05) is 17.2 Å². The fourth-order valence-electron chi connectivity index (χ4n) is 2.24. The summed E-state index contributed by atoms with van der Waals surface area (Å²) < 4.78 is 0. The van der Waals surface area contributed by atoms with E-state index in [4.69, 9.17) is 11.6 Å². The third-order valence-electron chi connectivity index (χ3n) is 3.71. The summed E-state index contributed by atoms with van der Waals surface area (Å²) in [6.07, 6.45) is 1.88. The summed E-state index contributed by atoms with van der Waals surface area (Å²) in [5, 5.41) is 6.12. The van der Waals surface area contributed by atoms with Crippen molar-refractivity contribution in [2.45, 2.75) is 19.8 Å². The van der Waals surface area contributed by atoms with Gasteiger partial charge in [0.25, 0.3) is 5.91 Å². The van der Waals surface area contributed by atoms with Crippen molar-refractivity contribution in [3.8, 4) is 0 Å². The second kappa shape index (κ2) is 6.42. The largest absolute Gasteiger partial charge is 0.326 e. The van der Waals surface area contributed by atoms with Crippen LogP contribution in [-0.2, 0) is 4.79 Å². The molecule has 0 aromatic heterocycles. The molecule has 0 heterocycles. The Bertz CT molecular complexity index is 769. The molecule has 3 rings (SSSR count). The monoisotopic (exact) mass is 328 g/mol. The maximum atomic E-state index is 12.4. The Balaban J connectivity index is 1.72. The van der Waals surface area contributed by atoms with Crippen molar-refractivity contribution in [2.75, 3.05) is 10.6 Å². The van der Waals surface area contributed by atoms with E-state index in [1.54, 1.807) is 36.4 Å². The molecule has 5 heteroatoms. The molecule has 0 bridgehead atoms. The Labute approximate surface area is 139 Å². The number of amides is 2. The summed E-state index contributed by atoms with van der Waals surface area (Å²) in [6, 6.07) is 12.3. The molecule has 1 aliphatic rings. The van der Waals surface area contributed by atoms with Crippen LogP contribution < -0.4 is 10.6 Å². The average Bonchev–Trinajstić information content (AvgIpc) is 3.35. The Hall–Kier alpha value is -2.33. The van der Waals surface area contributed by atoms with Crippen LogP contribution in [0.1, 0.15) is 28.8 Å². The lowest BCUT2D eigenvalue weighted by Crippen LogP contribution is -2.15. The molecule has 0 aliphatic heterocycles. The molecule has 0 unspecified atom stereocenters. The molecule has 2 amide bonds. The van der Waals surface area contributed by atoms with Gasteiger partial charge in [0.05, 0.1) is 10.7 Å². The van der Waals surface area contributed by atoms with Crippen LogP contribution >= 0.6 is 11.6 Å². The SMILES string of the molecule is Cc1ccc(NC(=O)c2cccc(NC(=O)C3CC3)c2)c(Cl)c1. The maximum absolute atomic E-state index is 12.4. The number of anilines is 2. The Kier molecular flexibility index (Phi) is 4.35. The number of rotatable bonds is 4. The summed E-state index contributed by atoms with van der Waals surface area (Å²) in [6.45, 7) is 1.93. The molecule has 4 nitrogen and oxygen atoms in total. The number of hydrogen-bond acceptors (Lipinski definition) is 2. The van der Waals surface area contributed by atoms with Gasteiger partial charge in [0.15, 0.2) is 0 Å². The van der Waals surface area contributed by atoms with E-state index < -0.39 is 0 Å². The van der Waals surface area contributed by atoms with Gasteiger partial charge in [-0.2, -0.15) is 0 Å². The summed E-state index contributed by atoms with van der Waals surface area (Å²) >= 11 is 6.13. The molecule has 0 spiro atoms. The number of halogens is 1. The third-order valence-corrected chi connectivity index (χ3v) is 4.03. The Morgan fingerprint density at radius 1 is 1.09 bits per heavy atom. The molecule has 0 atom stereocenters. The van der Waals surface area contributed by atoms with Crippen molar-refractivity contribution in [2.24, 2.45) is 5.92 Å². The molecular formula is C18H17ClN2O2. The van der Waals surface area contributed by atoms with Gasteiger partial charge in [-0.1, -0.05) is 23.7 Å². The van der Waals surface area contributed by atoms with Crippen LogP contribution in [0.4, 0.5) is 11.4 Å². The van der Waals surface area contributed by atoms with E-state index in [0.29, 0.717) is 22.0 Å². The molecule has 0 saturated heterocycles. The molecule has 2 N–H and O–H groups in total. The van der Waals surface area contributed by atoms with Crippen LogP contribution in [0, 0.1) is 12.8 Å². The molecule has 0 radical (unpaired) electrons.